The number of nitrogens with one attached hydrogen (secondary N) is 2. The standard InChI is InChI=1S/C14H16N2O/c1-10(14(17)15-2)16-13-8-7-11-5-3-4-6-12(11)9-13/h3-10,16H,1-2H3,(H,15,17)/t10-/m0/s1. The monoisotopic (exact) mass is 228 g/mol. The molecule has 88 valence electrons. The van der Waals surface area contributed by atoms with Crippen LogP contribution in [-0.2, 0) is 4.79 Å². The molecule has 3 heteroatoms. The van der Waals surface area contributed by atoms with Crippen molar-refractivity contribution in [3.63, 3.8) is 0 Å². The van der Waals surface area contributed by atoms with Crippen molar-refractivity contribution in [3.05, 3.63) is 42.5 Å². The minimum absolute atomic E-state index is 0.0156. The molecule has 2 aromatic rings. The van der Waals surface area contributed by atoms with E-state index in [4.69, 9.17) is 0 Å². The average Bonchev–Trinajstić information content (AvgIpc) is 2.37. The molecular weight excluding hydrogens is 212 g/mol. The van der Waals surface area contributed by atoms with Gasteiger partial charge in [0.1, 0.15) is 6.04 Å². The highest BCUT2D eigenvalue weighted by molar-refractivity contribution is 5.88. The van der Waals surface area contributed by atoms with Crippen molar-refractivity contribution >= 4 is 22.4 Å². The molecule has 0 aromatic heterocycles. The Kier molecular flexibility index (Phi) is 3.28. The second-order valence-electron chi connectivity index (χ2n) is 4.04. The SMILES string of the molecule is CNC(=O)[C@H](C)Nc1ccc2ccccc2c1. The summed E-state index contributed by atoms with van der Waals surface area (Å²) < 4.78 is 0. The van der Waals surface area contributed by atoms with E-state index in [0.29, 0.717) is 0 Å². The number of fused-ring (bicyclic) bond motifs is 1. The molecule has 2 aromatic carbocycles. The topological polar surface area (TPSA) is 41.1 Å². The van der Waals surface area contributed by atoms with Gasteiger partial charge in [-0.2, -0.15) is 0 Å². The zero-order valence-corrected chi connectivity index (χ0v) is 10.0. The highest BCUT2D eigenvalue weighted by atomic mass is 16.2. The number of likely N-dealkylation sites (N-methyl/N-ethyl adjacent to an activating group) is 1. The van der Waals surface area contributed by atoms with Crippen LogP contribution in [0.15, 0.2) is 42.5 Å². The normalized spacial score (nSPS) is 12.1. The Balaban J connectivity index is 2.22. The molecule has 1 amide bonds. The molecule has 0 spiro atoms. The van der Waals surface area contributed by atoms with Crippen LogP contribution >= 0.6 is 0 Å². The van der Waals surface area contributed by atoms with Crippen molar-refractivity contribution in [2.75, 3.05) is 12.4 Å². The number of carbonyl (C=O) groups excluding carboxylic acids is 1. The Bertz CT molecular complexity index is 536. The van der Waals surface area contributed by atoms with Crippen molar-refractivity contribution in [1.82, 2.24) is 5.32 Å². The largest absolute Gasteiger partial charge is 0.374 e. The van der Waals surface area contributed by atoms with Gasteiger partial charge in [0.15, 0.2) is 0 Å². The van der Waals surface area contributed by atoms with Gasteiger partial charge >= 0.3 is 0 Å². The van der Waals surface area contributed by atoms with Crippen LogP contribution in [0.2, 0.25) is 0 Å². The van der Waals surface area contributed by atoms with Crippen molar-refractivity contribution in [2.24, 2.45) is 0 Å². The lowest BCUT2D eigenvalue weighted by molar-refractivity contribution is -0.121. The summed E-state index contributed by atoms with van der Waals surface area (Å²) in [6.07, 6.45) is 0. The van der Waals surface area contributed by atoms with Crippen molar-refractivity contribution in [2.45, 2.75) is 13.0 Å². The van der Waals surface area contributed by atoms with Crippen LogP contribution in [0.5, 0.6) is 0 Å². The summed E-state index contributed by atoms with van der Waals surface area (Å²) >= 11 is 0. The summed E-state index contributed by atoms with van der Waals surface area (Å²) in [4.78, 5) is 11.4. The minimum Gasteiger partial charge on any atom is -0.374 e. The molecule has 2 rings (SSSR count). The molecule has 0 aliphatic rings. The molecule has 0 heterocycles. The number of hydrogen-bond acceptors (Lipinski definition) is 2. The number of amides is 1. The third kappa shape index (κ3) is 2.56. The summed E-state index contributed by atoms with van der Waals surface area (Å²) in [5.41, 5.74) is 0.958. The summed E-state index contributed by atoms with van der Waals surface area (Å²) in [5, 5.41) is 8.16. The van der Waals surface area contributed by atoms with E-state index in [2.05, 4.69) is 28.8 Å². The van der Waals surface area contributed by atoms with Crippen LogP contribution in [0.3, 0.4) is 0 Å². The van der Waals surface area contributed by atoms with Gasteiger partial charge in [0.05, 0.1) is 0 Å². The van der Waals surface area contributed by atoms with E-state index in [-0.39, 0.29) is 11.9 Å². The highest BCUT2D eigenvalue weighted by Crippen LogP contribution is 2.19. The van der Waals surface area contributed by atoms with Gasteiger partial charge in [0.2, 0.25) is 5.91 Å². The van der Waals surface area contributed by atoms with Crippen molar-refractivity contribution < 1.29 is 4.79 Å². The van der Waals surface area contributed by atoms with Crippen LogP contribution in [0.1, 0.15) is 6.92 Å². The molecule has 0 saturated carbocycles. The minimum atomic E-state index is -0.235. The van der Waals surface area contributed by atoms with Crippen LogP contribution in [0, 0.1) is 0 Å². The van der Waals surface area contributed by atoms with Crippen molar-refractivity contribution in [1.29, 1.82) is 0 Å². The summed E-state index contributed by atoms with van der Waals surface area (Å²) in [7, 11) is 1.64. The lowest BCUT2D eigenvalue weighted by Crippen LogP contribution is -2.35. The van der Waals surface area contributed by atoms with Crippen LogP contribution in [0.4, 0.5) is 5.69 Å². The van der Waals surface area contributed by atoms with Crippen LogP contribution < -0.4 is 10.6 Å². The smallest absolute Gasteiger partial charge is 0.241 e. The van der Waals surface area contributed by atoms with E-state index in [0.717, 1.165) is 5.69 Å². The second-order valence-corrected chi connectivity index (χ2v) is 4.04. The zero-order chi connectivity index (χ0) is 12.3. The molecule has 0 aliphatic carbocycles. The molecular formula is C14H16N2O. The van der Waals surface area contributed by atoms with E-state index in [1.54, 1.807) is 7.05 Å². The van der Waals surface area contributed by atoms with Gasteiger partial charge in [0, 0.05) is 12.7 Å². The first kappa shape index (κ1) is 11.5. The summed E-state index contributed by atoms with van der Waals surface area (Å²) in [6, 6.07) is 14.0. The third-order valence-electron chi connectivity index (χ3n) is 2.77. The lowest BCUT2D eigenvalue weighted by Gasteiger charge is -2.14. The van der Waals surface area contributed by atoms with E-state index in [9.17, 15) is 4.79 Å². The van der Waals surface area contributed by atoms with Crippen LogP contribution in [-0.4, -0.2) is 19.0 Å². The Morgan fingerprint density at radius 3 is 2.53 bits per heavy atom. The van der Waals surface area contributed by atoms with E-state index in [1.807, 2.05) is 31.2 Å². The first-order valence-electron chi connectivity index (χ1n) is 5.67. The van der Waals surface area contributed by atoms with Crippen molar-refractivity contribution in [3.8, 4) is 0 Å². The number of carbonyl (C=O) groups is 1. The van der Waals surface area contributed by atoms with Gasteiger partial charge in [-0.25, -0.2) is 0 Å². The molecule has 3 nitrogen and oxygen atoms in total. The Morgan fingerprint density at radius 2 is 1.82 bits per heavy atom. The molecule has 2 N–H and O–H groups in total. The quantitative estimate of drug-likeness (QED) is 0.847. The van der Waals surface area contributed by atoms with E-state index >= 15 is 0 Å². The number of hydrogen-bond donors (Lipinski definition) is 2. The predicted octanol–water partition coefficient (Wildman–Crippen LogP) is 2.39. The molecule has 1 atom stereocenters. The van der Waals surface area contributed by atoms with E-state index in [1.165, 1.54) is 10.8 Å². The molecule has 0 saturated heterocycles. The Morgan fingerprint density at radius 1 is 1.12 bits per heavy atom. The fourth-order valence-corrected chi connectivity index (χ4v) is 1.81. The van der Waals surface area contributed by atoms with Gasteiger partial charge < -0.3 is 10.6 Å². The Labute approximate surface area is 101 Å². The average molecular weight is 228 g/mol. The number of benzene rings is 2. The number of rotatable bonds is 3. The number of anilines is 1. The van der Waals surface area contributed by atoms with Gasteiger partial charge in [-0.15, -0.1) is 0 Å². The van der Waals surface area contributed by atoms with Gasteiger partial charge in [0.25, 0.3) is 0 Å². The van der Waals surface area contributed by atoms with E-state index < -0.39 is 0 Å². The fourth-order valence-electron chi connectivity index (χ4n) is 1.81. The maximum absolute atomic E-state index is 11.4. The first-order valence-corrected chi connectivity index (χ1v) is 5.67. The Hall–Kier alpha value is -2.03. The molecule has 0 radical (unpaired) electrons. The zero-order valence-electron chi connectivity index (χ0n) is 10.0. The van der Waals surface area contributed by atoms with Gasteiger partial charge in [-0.3, -0.25) is 4.79 Å². The maximum Gasteiger partial charge on any atom is 0.241 e. The summed E-state index contributed by atoms with van der Waals surface area (Å²) in [6.45, 7) is 1.84. The first-order chi connectivity index (χ1) is 8.20. The molecule has 0 unspecified atom stereocenters. The molecule has 0 fully saturated rings. The lowest BCUT2D eigenvalue weighted by atomic mass is 10.1. The van der Waals surface area contributed by atoms with Gasteiger partial charge in [-0.05, 0) is 29.8 Å². The predicted molar refractivity (Wildman–Crippen MR) is 71.1 cm³/mol. The molecule has 0 bridgehead atoms. The molecule has 17 heavy (non-hydrogen) atoms. The van der Waals surface area contributed by atoms with Gasteiger partial charge in [-0.1, -0.05) is 30.3 Å². The molecule has 0 aliphatic heterocycles. The fraction of sp³-hybridized carbons (Fsp3) is 0.214. The third-order valence-corrected chi connectivity index (χ3v) is 2.77. The summed E-state index contributed by atoms with van der Waals surface area (Å²) in [5.74, 6) is -0.0156. The second kappa shape index (κ2) is 4.87. The maximum atomic E-state index is 11.4. The highest BCUT2D eigenvalue weighted by Gasteiger charge is 2.09. The van der Waals surface area contributed by atoms with Crippen LogP contribution in [0.25, 0.3) is 10.8 Å².